The van der Waals surface area contributed by atoms with Gasteiger partial charge in [0, 0.05) is 25.9 Å². The molecule has 2 aromatic heterocycles. The summed E-state index contributed by atoms with van der Waals surface area (Å²) in [6, 6.07) is 6.01. The first kappa shape index (κ1) is 59.1. The minimum atomic E-state index is -2.48. The Morgan fingerprint density at radius 3 is 1.00 bits per heavy atom. The number of unbranched alkanes of at least 4 members (excludes halogenated alkanes) is 24. The summed E-state index contributed by atoms with van der Waals surface area (Å²) in [6.45, 7) is 9.57. The SMILES string of the molecule is CCCCCCCCCCC(CCCCCCCC)CNC(=O)C(O)(c1ccco1)C1CC(=O)C(C(O)(C(=O)NCC(CCCCCCCC)CCCCCCCCCC)c2ccco2)CC1=O. The van der Waals surface area contributed by atoms with Gasteiger partial charge in [-0.15, -0.1) is 0 Å². The third kappa shape index (κ3) is 20.2. The quantitative estimate of drug-likeness (QED) is 0.0479. The van der Waals surface area contributed by atoms with E-state index in [4.69, 9.17) is 8.83 Å². The van der Waals surface area contributed by atoms with E-state index in [2.05, 4.69) is 38.3 Å². The summed E-state index contributed by atoms with van der Waals surface area (Å²) in [7, 11) is 0. The highest BCUT2D eigenvalue weighted by Gasteiger charge is 2.60. The summed E-state index contributed by atoms with van der Waals surface area (Å²) in [6.07, 6.45) is 38.9. The van der Waals surface area contributed by atoms with Crippen molar-refractivity contribution >= 4 is 23.4 Å². The average molecular weight is 951 g/mol. The van der Waals surface area contributed by atoms with Gasteiger partial charge in [0.15, 0.2) is 0 Å². The van der Waals surface area contributed by atoms with Crippen LogP contribution in [0.4, 0.5) is 0 Å². The molecular weight excluding hydrogens is 853 g/mol. The summed E-state index contributed by atoms with van der Waals surface area (Å²) in [5, 5.41) is 31.0. The van der Waals surface area contributed by atoms with E-state index in [1.165, 1.54) is 153 Å². The molecule has 1 aliphatic carbocycles. The molecule has 3 rings (SSSR count). The minimum absolute atomic E-state index is 0.123. The number of aliphatic hydroxyl groups is 2. The zero-order valence-corrected chi connectivity index (χ0v) is 43.6. The van der Waals surface area contributed by atoms with Crippen LogP contribution in [0.3, 0.4) is 0 Å². The third-order valence-corrected chi connectivity index (χ3v) is 15.0. The monoisotopic (exact) mass is 951 g/mol. The zero-order valence-electron chi connectivity index (χ0n) is 43.6. The van der Waals surface area contributed by atoms with Gasteiger partial charge >= 0.3 is 0 Å². The Kier molecular flexibility index (Phi) is 30.4. The van der Waals surface area contributed by atoms with Gasteiger partial charge in [-0.25, -0.2) is 0 Å². The molecule has 1 aliphatic rings. The Morgan fingerprint density at radius 1 is 0.485 bits per heavy atom. The normalized spacial score (nSPS) is 18.0. The molecule has 10 heteroatoms. The highest BCUT2D eigenvalue weighted by molar-refractivity contribution is 6.04. The number of rotatable bonds is 42. The molecule has 1 saturated carbocycles. The van der Waals surface area contributed by atoms with Crippen LogP contribution in [0.5, 0.6) is 0 Å². The van der Waals surface area contributed by atoms with Gasteiger partial charge in [-0.3, -0.25) is 19.2 Å². The van der Waals surface area contributed by atoms with Crippen LogP contribution in [-0.4, -0.2) is 46.7 Å². The molecule has 2 amide bonds. The maximum Gasteiger partial charge on any atom is 0.260 e. The first-order valence-electron chi connectivity index (χ1n) is 28.2. The molecule has 0 radical (unpaired) electrons. The fourth-order valence-electron chi connectivity index (χ4n) is 10.6. The fourth-order valence-corrected chi connectivity index (χ4v) is 10.6. The fraction of sp³-hybridized carbons (Fsp3) is 0.793. The maximum atomic E-state index is 14.4. The maximum absolute atomic E-state index is 14.4. The Morgan fingerprint density at radius 2 is 0.750 bits per heavy atom. The standard InChI is InChI=1S/C58H98N2O8/c1-5-9-13-17-21-23-27-31-37-47(35-29-25-19-15-11-7-3)45-59-55(63)57(65,53-39-33-41-67-53)49-43-52(62)50(44-51(49)61)58(66,54-40-34-42-68-54)56(64)60-46-48(36-30-26-20-16-12-8-4)38-32-28-24-22-18-14-10-6-2/h33-34,39-42,47-50,65-66H,5-32,35-38,43-46H2,1-4H3,(H,59,63)(H,60,64). The van der Waals surface area contributed by atoms with E-state index < -0.39 is 59.3 Å². The molecule has 0 spiro atoms. The van der Waals surface area contributed by atoms with Crippen molar-refractivity contribution < 1.29 is 38.2 Å². The van der Waals surface area contributed by atoms with Gasteiger partial charge < -0.3 is 29.7 Å². The molecule has 68 heavy (non-hydrogen) atoms. The summed E-state index contributed by atoms with van der Waals surface area (Å²) >= 11 is 0. The largest absolute Gasteiger partial charge is 0.466 e. The van der Waals surface area contributed by atoms with Crippen LogP contribution in [0.15, 0.2) is 45.6 Å². The van der Waals surface area contributed by atoms with Crippen LogP contribution in [-0.2, 0) is 30.4 Å². The molecule has 4 N–H and O–H groups in total. The molecule has 0 aliphatic heterocycles. The van der Waals surface area contributed by atoms with Crippen molar-refractivity contribution in [2.24, 2.45) is 23.7 Å². The van der Waals surface area contributed by atoms with E-state index in [1.807, 2.05) is 0 Å². The van der Waals surface area contributed by atoms with Gasteiger partial charge in [0.25, 0.3) is 11.8 Å². The molecule has 0 aromatic carbocycles. The van der Waals surface area contributed by atoms with E-state index >= 15 is 0 Å². The Labute approximate surface area is 413 Å². The van der Waals surface area contributed by atoms with E-state index in [-0.39, 0.29) is 23.4 Å². The molecule has 2 heterocycles. The van der Waals surface area contributed by atoms with Gasteiger partial charge in [-0.1, -0.05) is 207 Å². The lowest BCUT2D eigenvalue weighted by Crippen LogP contribution is -2.59. The summed E-state index contributed by atoms with van der Waals surface area (Å²) in [4.78, 5) is 57.6. The van der Waals surface area contributed by atoms with Gasteiger partial charge in [0.1, 0.15) is 23.1 Å². The Balaban J connectivity index is 1.74. The molecule has 2 aromatic rings. The van der Waals surface area contributed by atoms with E-state index in [0.29, 0.717) is 13.1 Å². The number of carbonyl (C=O) groups is 4. The van der Waals surface area contributed by atoms with Crippen LogP contribution < -0.4 is 10.6 Å². The van der Waals surface area contributed by atoms with Crippen molar-refractivity contribution in [2.75, 3.05) is 13.1 Å². The Bertz CT molecular complexity index is 1490. The van der Waals surface area contributed by atoms with Crippen LogP contribution in [0.2, 0.25) is 0 Å². The molecule has 0 bridgehead atoms. The first-order chi connectivity index (χ1) is 33.1. The van der Waals surface area contributed by atoms with Gasteiger partial charge in [-0.05, 0) is 61.8 Å². The third-order valence-electron chi connectivity index (χ3n) is 15.0. The molecular formula is C58H98N2O8. The van der Waals surface area contributed by atoms with Gasteiger partial charge in [-0.2, -0.15) is 0 Å². The predicted molar refractivity (Wildman–Crippen MR) is 275 cm³/mol. The Hall–Kier alpha value is -3.24. The van der Waals surface area contributed by atoms with Crippen molar-refractivity contribution in [3.63, 3.8) is 0 Å². The number of nitrogens with one attached hydrogen (secondary N) is 2. The minimum Gasteiger partial charge on any atom is -0.466 e. The van der Waals surface area contributed by atoms with Crippen LogP contribution in [0, 0.1) is 23.7 Å². The summed E-state index contributed by atoms with van der Waals surface area (Å²) < 4.78 is 11.3. The number of Topliss-reactive ketones (excluding diaryl/α,β-unsaturated/α-hetero) is 2. The van der Waals surface area contributed by atoms with Crippen molar-refractivity contribution in [2.45, 2.75) is 257 Å². The van der Waals surface area contributed by atoms with Crippen LogP contribution in [0.25, 0.3) is 0 Å². The lowest BCUT2D eigenvalue weighted by atomic mass is 9.65. The van der Waals surface area contributed by atoms with Gasteiger partial charge in [0.05, 0.1) is 24.4 Å². The lowest BCUT2D eigenvalue weighted by Gasteiger charge is -2.40. The molecule has 0 saturated heterocycles. The number of carbonyl (C=O) groups excluding carboxylic acids is 4. The molecule has 6 unspecified atom stereocenters. The second-order valence-corrected chi connectivity index (χ2v) is 20.7. The average Bonchev–Trinajstić information content (AvgIpc) is 4.10. The molecule has 1 fully saturated rings. The van der Waals surface area contributed by atoms with E-state index in [1.54, 1.807) is 12.1 Å². The van der Waals surface area contributed by atoms with Crippen LogP contribution >= 0.6 is 0 Å². The smallest absolute Gasteiger partial charge is 0.260 e. The zero-order chi connectivity index (χ0) is 49.3. The number of hydrogen-bond acceptors (Lipinski definition) is 8. The highest BCUT2D eigenvalue weighted by Crippen LogP contribution is 2.44. The molecule has 388 valence electrons. The van der Waals surface area contributed by atoms with Crippen LogP contribution in [0.1, 0.15) is 258 Å². The number of ketones is 2. The van der Waals surface area contributed by atoms with E-state index in [0.717, 1.165) is 77.0 Å². The van der Waals surface area contributed by atoms with Crippen molar-refractivity contribution in [3.05, 3.63) is 48.3 Å². The van der Waals surface area contributed by atoms with Crippen molar-refractivity contribution in [1.29, 1.82) is 0 Å². The van der Waals surface area contributed by atoms with Crippen molar-refractivity contribution in [3.8, 4) is 0 Å². The highest BCUT2D eigenvalue weighted by atomic mass is 16.4. The second-order valence-electron chi connectivity index (χ2n) is 20.7. The first-order valence-corrected chi connectivity index (χ1v) is 28.2. The van der Waals surface area contributed by atoms with E-state index in [9.17, 15) is 29.4 Å². The number of furan rings is 2. The number of hydrogen-bond donors (Lipinski definition) is 4. The topological polar surface area (TPSA) is 159 Å². The molecule has 10 nitrogen and oxygen atoms in total. The number of amides is 2. The second kappa shape index (κ2) is 35.0. The van der Waals surface area contributed by atoms with Gasteiger partial charge in [0.2, 0.25) is 11.2 Å². The van der Waals surface area contributed by atoms with Crippen molar-refractivity contribution in [1.82, 2.24) is 10.6 Å². The summed E-state index contributed by atoms with van der Waals surface area (Å²) in [5.74, 6) is -5.61. The lowest BCUT2D eigenvalue weighted by molar-refractivity contribution is -0.171. The molecule has 6 atom stereocenters. The summed E-state index contributed by atoms with van der Waals surface area (Å²) in [5.41, 5.74) is -4.95. The predicted octanol–water partition coefficient (Wildman–Crippen LogP) is 14.1.